The molecule has 0 spiro atoms. The molecule has 0 radical (unpaired) electrons. The Morgan fingerprint density at radius 2 is 1.96 bits per heavy atom. The van der Waals surface area contributed by atoms with Crippen molar-refractivity contribution in [2.24, 2.45) is 4.99 Å². The van der Waals surface area contributed by atoms with Gasteiger partial charge < -0.3 is 10.1 Å². The standard InChI is InChI=1S/C19H27N3O2/c1-19(2)14-22(17(21-19)20-16-11-7-4-8-12-16)18(23)24-13-15-9-5-3-6-10-15/h3,5-6,9-10,16H,4,7-8,11-14H2,1-2H3,(H,20,21). The Morgan fingerprint density at radius 3 is 2.67 bits per heavy atom. The van der Waals surface area contributed by atoms with Crippen LogP contribution in [0.15, 0.2) is 35.3 Å². The van der Waals surface area contributed by atoms with Gasteiger partial charge in [-0.2, -0.15) is 0 Å². The molecular formula is C19H27N3O2. The fourth-order valence-corrected chi connectivity index (χ4v) is 3.31. The predicted octanol–water partition coefficient (Wildman–Crippen LogP) is 3.70. The fraction of sp³-hybridized carbons (Fsp3) is 0.579. The molecule has 1 N–H and O–H groups in total. The summed E-state index contributed by atoms with van der Waals surface area (Å²) in [7, 11) is 0. The molecule has 0 atom stereocenters. The average molecular weight is 329 g/mol. The average Bonchev–Trinajstić information content (AvgIpc) is 2.89. The minimum absolute atomic E-state index is 0.181. The van der Waals surface area contributed by atoms with E-state index in [9.17, 15) is 4.79 Å². The Hall–Kier alpha value is -2.04. The Bertz CT molecular complexity index is 592. The van der Waals surface area contributed by atoms with Crippen molar-refractivity contribution in [3.63, 3.8) is 0 Å². The molecule has 1 heterocycles. The van der Waals surface area contributed by atoms with Crippen molar-refractivity contribution in [3.05, 3.63) is 35.9 Å². The monoisotopic (exact) mass is 329 g/mol. The molecule has 1 aliphatic carbocycles. The smallest absolute Gasteiger partial charge is 0.417 e. The first-order chi connectivity index (χ1) is 11.5. The summed E-state index contributed by atoms with van der Waals surface area (Å²) in [4.78, 5) is 19.0. The first-order valence-corrected chi connectivity index (χ1v) is 8.88. The highest BCUT2D eigenvalue weighted by Crippen LogP contribution is 2.23. The van der Waals surface area contributed by atoms with Crippen molar-refractivity contribution in [2.75, 3.05) is 6.54 Å². The van der Waals surface area contributed by atoms with Crippen LogP contribution in [-0.4, -0.2) is 35.1 Å². The van der Waals surface area contributed by atoms with Gasteiger partial charge in [-0.05, 0) is 32.3 Å². The third-order valence-corrected chi connectivity index (χ3v) is 4.56. The lowest BCUT2D eigenvalue weighted by Gasteiger charge is -2.21. The van der Waals surface area contributed by atoms with E-state index in [1.807, 2.05) is 30.3 Å². The van der Waals surface area contributed by atoms with Gasteiger partial charge in [0.05, 0.1) is 18.1 Å². The first kappa shape index (κ1) is 16.8. The van der Waals surface area contributed by atoms with Crippen molar-refractivity contribution in [1.29, 1.82) is 0 Å². The molecule has 0 unspecified atom stereocenters. The lowest BCUT2D eigenvalue weighted by molar-refractivity contribution is 0.116. The summed E-state index contributed by atoms with van der Waals surface area (Å²) in [6, 6.07) is 10.1. The van der Waals surface area contributed by atoms with Crippen molar-refractivity contribution < 1.29 is 9.53 Å². The molecule has 1 aromatic rings. The van der Waals surface area contributed by atoms with Gasteiger partial charge in [0, 0.05) is 0 Å². The van der Waals surface area contributed by atoms with Crippen molar-refractivity contribution in [3.8, 4) is 0 Å². The molecule has 5 nitrogen and oxygen atoms in total. The molecule has 1 amide bonds. The summed E-state index contributed by atoms with van der Waals surface area (Å²) in [6.45, 7) is 5.02. The highest BCUT2D eigenvalue weighted by molar-refractivity contribution is 5.96. The van der Waals surface area contributed by atoms with Crippen molar-refractivity contribution in [2.45, 2.75) is 64.1 Å². The van der Waals surface area contributed by atoms with Crippen LogP contribution in [-0.2, 0) is 11.3 Å². The Balaban J connectivity index is 1.66. The minimum atomic E-state index is -0.327. The second-order valence-corrected chi connectivity index (χ2v) is 7.38. The zero-order valence-electron chi connectivity index (χ0n) is 14.6. The molecule has 2 fully saturated rings. The molecule has 24 heavy (non-hydrogen) atoms. The van der Waals surface area contributed by atoms with Crippen molar-refractivity contribution in [1.82, 2.24) is 10.2 Å². The molecule has 1 saturated carbocycles. The molecular weight excluding hydrogens is 302 g/mol. The molecule has 0 bridgehead atoms. The number of guanidine groups is 1. The van der Waals surface area contributed by atoms with E-state index in [1.165, 1.54) is 19.3 Å². The molecule has 1 aromatic carbocycles. The van der Waals surface area contributed by atoms with Crippen LogP contribution in [0, 0.1) is 0 Å². The molecule has 5 heteroatoms. The third kappa shape index (κ3) is 4.28. The maximum Gasteiger partial charge on any atom is 0.417 e. The van der Waals surface area contributed by atoms with Gasteiger partial charge in [-0.3, -0.25) is 0 Å². The Kier molecular flexibility index (Phi) is 5.07. The number of carbonyl (C=O) groups is 1. The summed E-state index contributed by atoms with van der Waals surface area (Å²) in [6.07, 6.45) is 5.64. The maximum atomic E-state index is 12.5. The number of ether oxygens (including phenoxy) is 1. The number of hydrogen-bond donors (Lipinski definition) is 1. The second kappa shape index (κ2) is 7.24. The summed E-state index contributed by atoms with van der Waals surface area (Å²) < 4.78 is 5.49. The van der Waals surface area contributed by atoms with Crippen LogP contribution in [0.5, 0.6) is 0 Å². The van der Waals surface area contributed by atoms with Crippen LogP contribution in [0.3, 0.4) is 0 Å². The molecule has 3 rings (SSSR count). The van der Waals surface area contributed by atoms with Gasteiger partial charge in [0.25, 0.3) is 0 Å². The maximum absolute atomic E-state index is 12.5. The van der Waals surface area contributed by atoms with Crippen LogP contribution in [0.1, 0.15) is 51.5 Å². The van der Waals surface area contributed by atoms with E-state index in [0.29, 0.717) is 18.5 Å². The predicted molar refractivity (Wildman–Crippen MR) is 94.9 cm³/mol. The number of hydrogen-bond acceptors (Lipinski definition) is 3. The van der Waals surface area contributed by atoms with Gasteiger partial charge in [-0.1, -0.05) is 49.6 Å². The lowest BCUT2D eigenvalue weighted by atomic mass is 9.96. The van der Waals surface area contributed by atoms with E-state index in [1.54, 1.807) is 4.90 Å². The topological polar surface area (TPSA) is 53.9 Å². The van der Waals surface area contributed by atoms with Gasteiger partial charge in [0.2, 0.25) is 5.96 Å². The SMILES string of the molecule is CC1(C)CN(C(=O)OCc2ccccc2)C(=NC2CCCCC2)N1. The number of benzene rings is 1. The fourth-order valence-electron chi connectivity index (χ4n) is 3.31. The Morgan fingerprint density at radius 1 is 1.25 bits per heavy atom. The van der Waals surface area contributed by atoms with E-state index in [0.717, 1.165) is 18.4 Å². The third-order valence-electron chi connectivity index (χ3n) is 4.56. The molecule has 1 saturated heterocycles. The zero-order chi connectivity index (χ0) is 17.0. The number of nitrogens with one attached hydrogen (secondary N) is 1. The summed E-state index contributed by atoms with van der Waals surface area (Å²) in [5, 5.41) is 3.38. The summed E-state index contributed by atoms with van der Waals surface area (Å²) >= 11 is 0. The quantitative estimate of drug-likeness (QED) is 0.920. The number of rotatable bonds is 3. The summed E-state index contributed by atoms with van der Waals surface area (Å²) in [5.74, 6) is 0.671. The lowest BCUT2D eigenvalue weighted by Crippen LogP contribution is -2.38. The number of aliphatic imine (C=N–C) groups is 1. The van der Waals surface area contributed by atoms with E-state index >= 15 is 0 Å². The van der Waals surface area contributed by atoms with Gasteiger partial charge in [-0.15, -0.1) is 0 Å². The van der Waals surface area contributed by atoms with Gasteiger partial charge in [0.1, 0.15) is 6.61 Å². The van der Waals surface area contributed by atoms with Crippen LogP contribution in [0.4, 0.5) is 4.79 Å². The Labute approximate surface area is 144 Å². The van der Waals surface area contributed by atoms with Crippen LogP contribution < -0.4 is 5.32 Å². The molecule has 130 valence electrons. The van der Waals surface area contributed by atoms with E-state index < -0.39 is 0 Å². The van der Waals surface area contributed by atoms with Crippen LogP contribution >= 0.6 is 0 Å². The van der Waals surface area contributed by atoms with Gasteiger partial charge in [-0.25, -0.2) is 14.7 Å². The first-order valence-electron chi connectivity index (χ1n) is 8.88. The highest BCUT2D eigenvalue weighted by atomic mass is 16.6. The molecule has 2 aliphatic rings. The molecule has 0 aromatic heterocycles. The van der Waals surface area contributed by atoms with E-state index in [4.69, 9.17) is 9.73 Å². The van der Waals surface area contributed by atoms with Crippen LogP contribution in [0.2, 0.25) is 0 Å². The molecule has 1 aliphatic heterocycles. The normalized spacial score (nSPS) is 22.4. The van der Waals surface area contributed by atoms with E-state index in [2.05, 4.69) is 19.2 Å². The van der Waals surface area contributed by atoms with Gasteiger partial charge in [0.15, 0.2) is 0 Å². The zero-order valence-corrected chi connectivity index (χ0v) is 14.6. The minimum Gasteiger partial charge on any atom is -0.444 e. The highest BCUT2D eigenvalue weighted by Gasteiger charge is 2.38. The summed E-state index contributed by atoms with van der Waals surface area (Å²) in [5.41, 5.74) is 0.808. The largest absolute Gasteiger partial charge is 0.444 e. The van der Waals surface area contributed by atoms with Gasteiger partial charge >= 0.3 is 6.09 Å². The number of nitrogens with zero attached hydrogens (tertiary/aromatic N) is 2. The second-order valence-electron chi connectivity index (χ2n) is 7.38. The van der Waals surface area contributed by atoms with Crippen molar-refractivity contribution >= 4 is 12.1 Å². The number of amides is 1. The van der Waals surface area contributed by atoms with Crippen LogP contribution in [0.25, 0.3) is 0 Å². The van der Waals surface area contributed by atoms with E-state index in [-0.39, 0.29) is 18.2 Å². The number of carbonyl (C=O) groups excluding carboxylic acids is 1.